The lowest BCUT2D eigenvalue weighted by Gasteiger charge is -2.20. The summed E-state index contributed by atoms with van der Waals surface area (Å²) in [5.74, 6) is 0.938. The molecule has 7 rings (SSSR count). The summed E-state index contributed by atoms with van der Waals surface area (Å²) in [6.45, 7) is 2.00. The van der Waals surface area contributed by atoms with Crippen LogP contribution in [0.5, 0.6) is 11.8 Å². The highest BCUT2D eigenvalue weighted by molar-refractivity contribution is 6.36. The summed E-state index contributed by atoms with van der Waals surface area (Å²) in [6, 6.07) is 23.1. The van der Waals surface area contributed by atoms with Crippen molar-refractivity contribution in [2.24, 2.45) is 0 Å². The van der Waals surface area contributed by atoms with Gasteiger partial charge in [0.15, 0.2) is 0 Å². The zero-order valence-corrected chi connectivity index (χ0v) is 29.1. The molecule has 1 amide bonds. The number of carbonyl (C=O) groups excluding carboxylic acids is 1. The monoisotopic (exact) mass is 700 g/mol. The zero-order chi connectivity index (χ0) is 33.9. The molecule has 1 saturated heterocycles. The molecule has 4 atom stereocenters. The number of rotatable bonds is 12. The van der Waals surface area contributed by atoms with Crippen LogP contribution in [0.4, 0.5) is 0 Å². The number of ether oxygens (including phenoxy) is 2. The van der Waals surface area contributed by atoms with Crippen LogP contribution in [-0.2, 0) is 24.3 Å². The van der Waals surface area contributed by atoms with Gasteiger partial charge in [-0.2, -0.15) is 4.98 Å². The average molecular weight is 702 g/mol. The fourth-order valence-corrected chi connectivity index (χ4v) is 7.97. The smallest absolute Gasteiger partial charge is 0.236 e. The van der Waals surface area contributed by atoms with Crippen molar-refractivity contribution in [2.75, 3.05) is 13.7 Å². The van der Waals surface area contributed by atoms with Gasteiger partial charge < -0.3 is 30.5 Å². The lowest BCUT2D eigenvalue weighted by molar-refractivity contribution is -0.119. The van der Waals surface area contributed by atoms with Gasteiger partial charge in [0.2, 0.25) is 17.7 Å². The van der Waals surface area contributed by atoms with Crippen molar-refractivity contribution >= 4 is 29.1 Å². The second-order valence-corrected chi connectivity index (χ2v) is 14.0. The Morgan fingerprint density at radius 2 is 1.71 bits per heavy atom. The highest BCUT2D eigenvalue weighted by Crippen LogP contribution is 2.44. The molecule has 2 heterocycles. The van der Waals surface area contributed by atoms with Gasteiger partial charge >= 0.3 is 0 Å². The normalized spacial score (nSPS) is 21.5. The molecule has 0 unspecified atom stereocenters. The van der Waals surface area contributed by atoms with Crippen LogP contribution in [0.15, 0.2) is 66.7 Å². The molecule has 3 aliphatic rings. The Morgan fingerprint density at radius 1 is 0.918 bits per heavy atom. The first kappa shape index (κ1) is 33.8. The molecule has 0 bridgehead atoms. The number of aliphatic hydroxyl groups excluding tert-OH is 1. The van der Waals surface area contributed by atoms with Crippen LogP contribution in [-0.4, -0.2) is 47.8 Å². The molecule has 256 valence electrons. The molecule has 0 radical (unpaired) electrons. The molecule has 3 aromatic carbocycles. The van der Waals surface area contributed by atoms with Crippen molar-refractivity contribution in [1.82, 2.24) is 20.9 Å². The topological polar surface area (TPSA) is 105 Å². The number of hydrogen-bond donors (Lipinski definition) is 4. The van der Waals surface area contributed by atoms with E-state index in [9.17, 15) is 9.90 Å². The SMILES string of the molecule is COc1nc(O[C@H]2CCc3c(-c4cccc(-c5ccc(CNC[C@@H]6CCC(=O)N6)cc5)c4Cl)cccc32)c(Cl)cc1CN[C@@H]1CCC[C@@H]1O. The van der Waals surface area contributed by atoms with Crippen LogP contribution in [0.25, 0.3) is 22.3 Å². The summed E-state index contributed by atoms with van der Waals surface area (Å²) >= 11 is 13.9. The van der Waals surface area contributed by atoms with Crippen molar-refractivity contribution in [3.8, 4) is 34.0 Å². The fraction of sp³-hybridized carbons (Fsp3) is 0.385. The first-order valence-corrected chi connectivity index (χ1v) is 17.9. The second-order valence-electron chi connectivity index (χ2n) is 13.2. The van der Waals surface area contributed by atoms with Crippen molar-refractivity contribution in [2.45, 2.75) is 82.3 Å². The number of nitrogens with one attached hydrogen (secondary N) is 3. The molecule has 4 aromatic rings. The van der Waals surface area contributed by atoms with E-state index in [0.29, 0.717) is 34.8 Å². The van der Waals surface area contributed by atoms with E-state index in [2.05, 4.69) is 81.6 Å². The van der Waals surface area contributed by atoms with E-state index in [-0.39, 0.29) is 30.2 Å². The largest absolute Gasteiger partial charge is 0.481 e. The van der Waals surface area contributed by atoms with Gasteiger partial charge in [0.05, 0.1) is 18.2 Å². The van der Waals surface area contributed by atoms with Crippen LogP contribution >= 0.6 is 23.2 Å². The van der Waals surface area contributed by atoms with Crippen molar-refractivity contribution < 1.29 is 19.4 Å². The Labute approximate surface area is 297 Å². The van der Waals surface area contributed by atoms with Crippen LogP contribution in [0.2, 0.25) is 10.0 Å². The Kier molecular flexibility index (Phi) is 10.4. The lowest BCUT2D eigenvalue weighted by Crippen LogP contribution is -2.35. The van der Waals surface area contributed by atoms with E-state index >= 15 is 0 Å². The molecule has 1 aromatic heterocycles. The maximum absolute atomic E-state index is 11.5. The lowest BCUT2D eigenvalue weighted by atomic mass is 9.93. The predicted molar refractivity (Wildman–Crippen MR) is 193 cm³/mol. The van der Waals surface area contributed by atoms with Crippen molar-refractivity contribution in [3.05, 3.63) is 99.0 Å². The number of fused-ring (bicyclic) bond motifs is 1. The molecular formula is C39H42Cl2N4O4. The third-order valence-electron chi connectivity index (χ3n) is 10.0. The highest BCUT2D eigenvalue weighted by Gasteiger charge is 2.30. The van der Waals surface area contributed by atoms with E-state index in [0.717, 1.165) is 85.0 Å². The molecule has 10 heteroatoms. The average Bonchev–Trinajstić information content (AvgIpc) is 3.85. The van der Waals surface area contributed by atoms with Crippen LogP contribution in [0.3, 0.4) is 0 Å². The minimum Gasteiger partial charge on any atom is -0.481 e. The van der Waals surface area contributed by atoms with Gasteiger partial charge in [0, 0.05) is 54.8 Å². The number of nitrogens with zero attached hydrogens (tertiary/aromatic N) is 1. The van der Waals surface area contributed by atoms with Gasteiger partial charge in [-0.1, -0.05) is 83.9 Å². The number of amides is 1. The standard InChI is InChI=1S/C39H42Cl2N4O4/c1-48-38-25(21-43-33-9-4-10-34(33)46)19-32(40)39(45-38)49-35-17-16-29-28(6-3-7-30(29)35)31-8-2-5-27(37(31)41)24-13-11-23(12-14-24)20-42-22-26-15-18-36(47)44-26/h2-3,5-8,11-14,19,26,33-35,42-43,46H,4,9-10,15-18,20-22H2,1H3,(H,44,47)/t26-,33+,34-,35-/m0/s1. The molecule has 8 nitrogen and oxygen atoms in total. The minimum absolute atomic E-state index is 0.0605. The van der Waals surface area contributed by atoms with Crippen molar-refractivity contribution in [3.63, 3.8) is 0 Å². The molecule has 1 aliphatic heterocycles. The molecule has 4 N–H and O–H groups in total. The predicted octanol–water partition coefficient (Wildman–Crippen LogP) is 7.17. The van der Waals surface area contributed by atoms with E-state index < -0.39 is 0 Å². The number of halogens is 2. The number of aromatic nitrogens is 1. The maximum Gasteiger partial charge on any atom is 0.236 e. The summed E-state index contributed by atoms with van der Waals surface area (Å²) in [5, 5.41) is 21.2. The summed E-state index contributed by atoms with van der Waals surface area (Å²) in [7, 11) is 1.59. The molecule has 0 spiro atoms. The van der Waals surface area contributed by atoms with Gasteiger partial charge in [0.25, 0.3) is 0 Å². The van der Waals surface area contributed by atoms with Crippen LogP contribution in [0.1, 0.15) is 66.9 Å². The summed E-state index contributed by atoms with van der Waals surface area (Å²) in [4.78, 5) is 16.1. The first-order chi connectivity index (χ1) is 23.9. The quantitative estimate of drug-likeness (QED) is 0.124. The number of benzene rings is 3. The molecular weight excluding hydrogens is 659 g/mol. The van der Waals surface area contributed by atoms with Gasteiger partial charge in [-0.3, -0.25) is 4.79 Å². The molecule has 2 fully saturated rings. The third kappa shape index (κ3) is 7.44. The maximum atomic E-state index is 11.5. The Morgan fingerprint density at radius 3 is 2.47 bits per heavy atom. The number of methoxy groups -OCH3 is 1. The molecule has 2 aliphatic carbocycles. The Balaban J connectivity index is 1.05. The van der Waals surface area contributed by atoms with Crippen LogP contribution < -0.4 is 25.4 Å². The Hall–Kier alpha value is -3.66. The minimum atomic E-state index is -0.332. The van der Waals surface area contributed by atoms with Crippen LogP contribution in [0, 0.1) is 0 Å². The van der Waals surface area contributed by atoms with E-state index in [1.54, 1.807) is 7.11 Å². The number of hydrogen-bond acceptors (Lipinski definition) is 7. The Bertz CT molecular complexity index is 1820. The fourth-order valence-electron chi connectivity index (χ4n) is 7.41. The third-order valence-corrected chi connectivity index (χ3v) is 10.7. The van der Waals surface area contributed by atoms with Crippen molar-refractivity contribution in [1.29, 1.82) is 0 Å². The zero-order valence-electron chi connectivity index (χ0n) is 27.6. The number of pyridine rings is 1. The highest BCUT2D eigenvalue weighted by atomic mass is 35.5. The summed E-state index contributed by atoms with van der Waals surface area (Å²) < 4.78 is 12.1. The first-order valence-electron chi connectivity index (χ1n) is 17.2. The van der Waals surface area contributed by atoms with Gasteiger partial charge in [0.1, 0.15) is 11.1 Å². The summed E-state index contributed by atoms with van der Waals surface area (Å²) in [5.41, 5.74) is 8.44. The summed E-state index contributed by atoms with van der Waals surface area (Å²) in [6.07, 6.45) is 5.36. The van der Waals surface area contributed by atoms with Gasteiger partial charge in [-0.15, -0.1) is 0 Å². The van der Waals surface area contributed by atoms with E-state index in [1.165, 1.54) is 11.1 Å². The number of carbonyl (C=O) groups is 1. The van der Waals surface area contributed by atoms with E-state index in [4.69, 9.17) is 32.7 Å². The van der Waals surface area contributed by atoms with Gasteiger partial charge in [-0.05, 0) is 72.4 Å². The molecule has 1 saturated carbocycles. The second kappa shape index (κ2) is 15.1. The molecule has 49 heavy (non-hydrogen) atoms. The van der Waals surface area contributed by atoms with E-state index in [1.807, 2.05) is 6.07 Å². The van der Waals surface area contributed by atoms with Gasteiger partial charge in [-0.25, -0.2) is 0 Å². The number of aliphatic hydroxyl groups is 1.